The normalized spacial score (nSPS) is 14.0. The Kier molecular flexibility index (Phi) is 7.02. The Balaban J connectivity index is 5.00. The molecule has 1 unspecified atom stereocenters. The molecular weight excluding hydrogens is 260 g/mol. The summed E-state index contributed by atoms with van der Waals surface area (Å²) < 4.78 is 0. The van der Waals surface area contributed by atoms with Gasteiger partial charge in [-0.05, 0) is 33.6 Å². The zero-order valence-corrected chi connectivity index (χ0v) is 12.9. The molecule has 7 nitrogen and oxygen atoms in total. The van der Waals surface area contributed by atoms with Crippen molar-refractivity contribution in [3.8, 4) is 0 Å². The number of rotatable bonds is 7. The second kappa shape index (κ2) is 7.72. The maximum absolute atomic E-state index is 12.4. The maximum atomic E-state index is 12.4. The Morgan fingerprint density at radius 2 is 1.70 bits per heavy atom. The van der Waals surface area contributed by atoms with E-state index in [1.54, 1.807) is 20.8 Å². The van der Waals surface area contributed by atoms with Crippen LogP contribution in [-0.4, -0.2) is 34.9 Å². The van der Waals surface area contributed by atoms with Gasteiger partial charge in [0.1, 0.15) is 11.5 Å². The molecule has 0 aromatic rings. The molecule has 0 aromatic carbocycles. The first-order chi connectivity index (χ1) is 9.24. The van der Waals surface area contributed by atoms with Crippen molar-refractivity contribution in [3.05, 3.63) is 0 Å². The van der Waals surface area contributed by atoms with Crippen LogP contribution in [0.2, 0.25) is 0 Å². The number of carbonyl (C=O) groups excluding carboxylic acids is 2. The Bertz CT molecular complexity index is 376. The molecule has 0 aromatic heterocycles. The van der Waals surface area contributed by atoms with Crippen LogP contribution in [0.25, 0.3) is 0 Å². The SMILES string of the molecule is CCC(CC)(C(=O)NC(C)C(=O)NC(C)C)C(N)=NO. The first-order valence-corrected chi connectivity index (χ1v) is 6.84. The van der Waals surface area contributed by atoms with Gasteiger partial charge in [-0.1, -0.05) is 19.0 Å². The van der Waals surface area contributed by atoms with Crippen LogP contribution in [0.5, 0.6) is 0 Å². The van der Waals surface area contributed by atoms with E-state index < -0.39 is 17.4 Å². The lowest BCUT2D eigenvalue weighted by molar-refractivity contribution is -0.133. The third-order valence-corrected chi connectivity index (χ3v) is 3.41. The van der Waals surface area contributed by atoms with Crippen molar-refractivity contribution in [3.63, 3.8) is 0 Å². The molecule has 0 aliphatic rings. The predicted molar refractivity (Wildman–Crippen MR) is 77.3 cm³/mol. The fourth-order valence-electron chi connectivity index (χ4n) is 1.96. The quantitative estimate of drug-likeness (QED) is 0.237. The van der Waals surface area contributed by atoms with Gasteiger partial charge in [0.15, 0.2) is 5.84 Å². The second-order valence-corrected chi connectivity index (χ2v) is 5.13. The lowest BCUT2D eigenvalue weighted by atomic mass is 9.80. The fraction of sp³-hybridized carbons (Fsp3) is 0.769. The van der Waals surface area contributed by atoms with Crippen LogP contribution in [0.4, 0.5) is 0 Å². The highest BCUT2D eigenvalue weighted by molar-refractivity contribution is 6.07. The summed E-state index contributed by atoms with van der Waals surface area (Å²) in [7, 11) is 0. The molecule has 1 atom stereocenters. The van der Waals surface area contributed by atoms with Crippen LogP contribution in [0, 0.1) is 5.41 Å². The molecule has 0 saturated heterocycles. The van der Waals surface area contributed by atoms with Gasteiger partial charge in [0, 0.05) is 6.04 Å². The van der Waals surface area contributed by atoms with E-state index >= 15 is 0 Å². The predicted octanol–water partition coefficient (Wildman–Crippen LogP) is 0.569. The summed E-state index contributed by atoms with van der Waals surface area (Å²) in [4.78, 5) is 24.2. The molecule has 0 aliphatic carbocycles. The van der Waals surface area contributed by atoms with Crippen LogP contribution >= 0.6 is 0 Å². The number of carbonyl (C=O) groups is 2. The molecule has 20 heavy (non-hydrogen) atoms. The molecule has 7 heteroatoms. The highest BCUT2D eigenvalue weighted by Crippen LogP contribution is 2.27. The topological polar surface area (TPSA) is 117 Å². The van der Waals surface area contributed by atoms with Gasteiger partial charge in [-0.25, -0.2) is 0 Å². The zero-order chi connectivity index (χ0) is 15.9. The number of oxime groups is 1. The van der Waals surface area contributed by atoms with Gasteiger partial charge in [0.2, 0.25) is 11.8 Å². The van der Waals surface area contributed by atoms with Crippen molar-refractivity contribution in [2.45, 2.75) is 59.5 Å². The third-order valence-electron chi connectivity index (χ3n) is 3.41. The van der Waals surface area contributed by atoms with Gasteiger partial charge in [0.05, 0.1) is 0 Å². The number of hydrogen-bond acceptors (Lipinski definition) is 4. The molecule has 5 N–H and O–H groups in total. The van der Waals surface area contributed by atoms with Crippen molar-refractivity contribution in [2.75, 3.05) is 0 Å². The van der Waals surface area contributed by atoms with Gasteiger partial charge in [-0.3, -0.25) is 9.59 Å². The van der Waals surface area contributed by atoms with Crippen molar-refractivity contribution in [1.82, 2.24) is 10.6 Å². The second-order valence-electron chi connectivity index (χ2n) is 5.13. The average Bonchev–Trinajstić information content (AvgIpc) is 2.39. The van der Waals surface area contributed by atoms with E-state index in [-0.39, 0.29) is 17.8 Å². The van der Waals surface area contributed by atoms with E-state index in [0.29, 0.717) is 12.8 Å². The number of nitrogens with one attached hydrogen (secondary N) is 2. The fourth-order valence-corrected chi connectivity index (χ4v) is 1.96. The number of nitrogens with zero attached hydrogens (tertiary/aromatic N) is 1. The molecule has 0 radical (unpaired) electrons. The van der Waals surface area contributed by atoms with E-state index in [2.05, 4.69) is 15.8 Å². The molecule has 0 bridgehead atoms. The van der Waals surface area contributed by atoms with Crippen LogP contribution < -0.4 is 16.4 Å². The summed E-state index contributed by atoms with van der Waals surface area (Å²) in [5, 5.41) is 17.1. The smallest absolute Gasteiger partial charge is 0.242 e. The Morgan fingerprint density at radius 3 is 2.05 bits per heavy atom. The summed E-state index contributed by atoms with van der Waals surface area (Å²) in [6.07, 6.45) is 0.757. The van der Waals surface area contributed by atoms with E-state index in [1.165, 1.54) is 0 Å². The van der Waals surface area contributed by atoms with Crippen LogP contribution in [0.15, 0.2) is 5.16 Å². The number of hydrogen-bond donors (Lipinski definition) is 4. The molecular formula is C13H26N4O3. The summed E-state index contributed by atoms with van der Waals surface area (Å²) in [6, 6.07) is -0.693. The highest BCUT2D eigenvalue weighted by atomic mass is 16.4. The van der Waals surface area contributed by atoms with Crippen LogP contribution in [0.3, 0.4) is 0 Å². The lowest BCUT2D eigenvalue weighted by Crippen LogP contribution is -2.55. The molecule has 116 valence electrons. The summed E-state index contributed by atoms with van der Waals surface area (Å²) in [5.74, 6) is -0.824. The molecule has 2 amide bonds. The summed E-state index contributed by atoms with van der Waals surface area (Å²) in [6.45, 7) is 8.83. The molecule has 0 spiro atoms. The van der Waals surface area contributed by atoms with Crippen molar-refractivity contribution in [1.29, 1.82) is 0 Å². The summed E-state index contributed by atoms with van der Waals surface area (Å²) in [5.41, 5.74) is 4.55. The molecule has 0 heterocycles. The van der Waals surface area contributed by atoms with Crippen molar-refractivity contribution in [2.24, 2.45) is 16.3 Å². The first kappa shape index (κ1) is 18.2. The maximum Gasteiger partial charge on any atom is 0.242 e. The monoisotopic (exact) mass is 286 g/mol. The first-order valence-electron chi connectivity index (χ1n) is 6.84. The van der Waals surface area contributed by atoms with Crippen molar-refractivity contribution >= 4 is 17.6 Å². The molecule has 0 fully saturated rings. The average molecular weight is 286 g/mol. The van der Waals surface area contributed by atoms with E-state index in [1.807, 2.05) is 13.8 Å². The highest BCUT2D eigenvalue weighted by Gasteiger charge is 2.40. The number of nitrogens with two attached hydrogens (primary N) is 1. The minimum atomic E-state index is -1.10. The van der Waals surface area contributed by atoms with Crippen LogP contribution in [-0.2, 0) is 9.59 Å². The van der Waals surface area contributed by atoms with E-state index in [9.17, 15) is 9.59 Å². The minimum absolute atomic E-state index is 0.00645. The van der Waals surface area contributed by atoms with Crippen LogP contribution in [0.1, 0.15) is 47.5 Å². The Morgan fingerprint density at radius 1 is 1.20 bits per heavy atom. The lowest BCUT2D eigenvalue weighted by Gasteiger charge is -2.30. The largest absolute Gasteiger partial charge is 0.409 e. The minimum Gasteiger partial charge on any atom is -0.409 e. The standard InChI is InChI=1S/C13H26N4O3/c1-6-13(7-2,11(14)17-20)12(19)16-9(5)10(18)15-8(3)4/h8-9,20H,6-7H2,1-5H3,(H2,14,17)(H,15,18)(H,16,19). The van der Waals surface area contributed by atoms with Crippen molar-refractivity contribution < 1.29 is 14.8 Å². The van der Waals surface area contributed by atoms with E-state index in [4.69, 9.17) is 10.9 Å². The molecule has 0 aliphatic heterocycles. The van der Waals surface area contributed by atoms with E-state index in [0.717, 1.165) is 0 Å². The molecule has 0 rings (SSSR count). The van der Waals surface area contributed by atoms with Gasteiger partial charge >= 0.3 is 0 Å². The third kappa shape index (κ3) is 4.11. The van der Waals surface area contributed by atoms with Gasteiger partial charge in [-0.15, -0.1) is 0 Å². The number of amides is 2. The zero-order valence-electron chi connectivity index (χ0n) is 12.9. The molecule has 0 saturated carbocycles. The van der Waals surface area contributed by atoms with Gasteiger partial charge < -0.3 is 21.6 Å². The summed E-state index contributed by atoms with van der Waals surface area (Å²) >= 11 is 0. The van der Waals surface area contributed by atoms with Gasteiger partial charge in [0.25, 0.3) is 0 Å². The van der Waals surface area contributed by atoms with Gasteiger partial charge in [-0.2, -0.15) is 0 Å². The Hall–Kier alpha value is -1.79. The number of amidine groups is 1. The Labute approximate surface area is 120 Å².